The van der Waals surface area contributed by atoms with Crippen LogP contribution >= 0.6 is 0 Å². The maximum absolute atomic E-state index is 13.0. The molecule has 5 rings (SSSR count). The van der Waals surface area contributed by atoms with E-state index in [1.54, 1.807) is 42.6 Å². The molecule has 0 radical (unpaired) electrons. The quantitative estimate of drug-likeness (QED) is 0.521. The van der Waals surface area contributed by atoms with Crippen LogP contribution in [0.2, 0.25) is 0 Å². The highest BCUT2D eigenvalue weighted by Crippen LogP contribution is 2.40. The van der Waals surface area contributed by atoms with Crippen LogP contribution in [-0.2, 0) is 23.5 Å². The molecule has 0 unspecified atom stereocenters. The van der Waals surface area contributed by atoms with Gasteiger partial charge in [0.25, 0.3) is 10.0 Å². The minimum atomic E-state index is -3.72. The first-order valence-corrected chi connectivity index (χ1v) is 11.7. The summed E-state index contributed by atoms with van der Waals surface area (Å²) in [6.45, 7) is 3.12. The lowest BCUT2D eigenvalue weighted by atomic mass is 9.96. The minimum Gasteiger partial charge on any atom is -0.374 e. The Morgan fingerprint density at radius 3 is 2.58 bits per heavy atom. The molecule has 2 aromatic carbocycles. The fraction of sp³-hybridized carbons (Fsp3) is 0.208. The lowest BCUT2D eigenvalue weighted by molar-refractivity contribution is 0.601. The van der Waals surface area contributed by atoms with E-state index in [0.29, 0.717) is 5.69 Å². The average molecular weight is 433 g/mol. The fourth-order valence-electron chi connectivity index (χ4n) is 4.41. The molecule has 1 aliphatic rings. The minimum absolute atomic E-state index is 0.229. The van der Waals surface area contributed by atoms with Gasteiger partial charge in [-0.25, -0.2) is 13.4 Å². The van der Waals surface area contributed by atoms with E-state index in [2.05, 4.69) is 40.7 Å². The lowest BCUT2D eigenvalue weighted by Crippen LogP contribution is -2.13. The molecule has 1 N–H and O–H groups in total. The van der Waals surface area contributed by atoms with Gasteiger partial charge in [-0.1, -0.05) is 24.3 Å². The van der Waals surface area contributed by atoms with Crippen molar-refractivity contribution in [3.05, 3.63) is 72.1 Å². The van der Waals surface area contributed by atoms with Crippen molar-refractivity contribution < 1.29 is 8.42 Å². The number of hydrogen-bond donors (Lipinski definition) is 1. The van der Waals surface area contributed by atoms with Gasteiger partial charge in [-0.2, -0.15) is 0 Å². The van der Waals surface area contributed by atoms with Crippen molar-refractivity contribution in [2.75, 3.05) is 23.2 Å². The molecular weight excluding hydrogens is 408 g/mol. The van der Waals surface area contributed by atoms with Crippen molar-refractivity contribution in [3.8, 4) is 11.1 Å². The summed E-state index contributed by atoms with van der Waals surface area (Å²) in [4.78, 5) is 7.02. The molecule has 31 heavy (non-hydrogen) atoms. The number of aromatic nitrogens is 2. The number of rotatable bonds is 4. The molecule has 6 nitrogen and oxygen atoms in total. The monoisotopic (exact) mass is 432 g/mol. The number of nitrogens with zero attached hydrogens (tertiary/aromatic N) is 3. The summed E-state index contributed by atoms with van der Waals surface area (Å²) in [5.74, 6) is 0. The number of nitrogens with one attached hydrogen (secondary N) is 1. The molecule has 0 bridgehead atoms. The third-order valence-corrected chi connectivity index (χ3v) is 7.38. The molecule has 3 heterocycles. The first kappa shape index (κ1) is 19.6. The summed E-state index contributed by atoms with van der Waals surface area (Å²) in [6, 6.07) is 14.6. The zero-order chi connectivity index (χ0) is 21.8. The van der Waals surface area contributed by atoms with E-state index in [0.717, 1.165) is 35.1 Å². The Morgan fingerprint density at radius 2 is 1.81 bits per heavy atom. The Labute approximate surface area is 182 Å². The van der Waals surface area contributed by atoms with Crippen LogP contribution in [0.4, 0.5) is 11.4 Å². The summed E-state index contributed by atoms with van der Waals surface area (Å²) in [7, 11) is 0.322. The highest BCUT2D eigenvalue weighted by atomic mass is 32.2. The summed E-state index contributed by atoms with van der Waals surface area (Å²) < 4.78 is 30.8. The van der Waals surface area contributed by atoms with Crippen LogP contribution in [0.5, 0.6) is 0 Å². The lowest BCUT2D eigenvalue weighted by Gasteiger charge is -2.15. The van der Waals surface area contributed by atoms with Crippen LogP contribution in [0, 0.1) is 6.92 Å². The summed E-state index contributed by atoms with van der Waals surface area (Å²) in [5, 5.41) is 0.799. The molecule has 0 aliphatic carbocycles. The van der Waals surface area contributed by atoms with Crippen molar-refractivity contribution in [2.45, 2.75) is 18.2 Å². The number of pyridine rings is 1. The van der Waals surface area contributed by atoms with Crippen molar-refractivity contribution in [1.29, 1.82) is 0 Å². The molecule has 1 aliphatic heterocycles. The number of sulfonamides is 1. The van der Waals surface area contributed by atoms with E-state index < -0.39 is 10.0 Å². The van der Waals surface area contributed by atoms with Gasteiger partial charge >= 0.3 is 0 Å². The maximum Gasteiger partial charge on any atom is 0.261 e. The van der Waals surface area contributed by atoms with Gasteiger partial charge in [-0.3, -0.25) is 4.72 Å². The first-order chi connectivity index (χ1) is 14.8. The van der Waals surface area contributed by atoms with E-state index in [4.69, 9.17) is 0 Å². The number of likely N-dealkylation sites (N-methyl/N-ethyl adjacent to an activating group) is 1. The normalized spacial score (nSPS) is 13.6. The van der Waals surface area contributed by atoms with Crippen LogP contribution in [0.15, 0.2) is 65.8 Å². The third kappa shape index (κ3) is 3.25. The topological polar surface area (TPSA) is 67.2 Å². The molecule has 0 saturated carbocycles. The number of anilines is 2. The van der Waals surface area contributed by atoms with Crippen LogP contribution in [0.25, 0.3) is 22.2 Å². The molecule has 158 valence electrons. The standard InChI is InChI=1S/C24H24N4O2S/c1-16-13-17-10-12-27(2)22(17)14-19(16)20-15-28(3)24-23(20)21(9-11-25-24)26-31(29,30)18-7-5-4-6-8-18/h4-9,11,13-15H,10,12H2,1-3H3,(H,25,26). The molecule has 0 spiro atoms. The van der Waals surface area contributed by atoms with Crippen LogP contribution in [0.3, 0.4) is 0 Å². The van der Waals surface area contributed by atoms with Crippen molar-refractivity contribution in [2.24, 2.45) is 7.05 Å². The van der Waals surface area contributed by atoms with Gasteiger partial charge in [0.15, 0.2) is 0 Å². The predicted octanol–water partition coefficient (Wildman–Crippen LogP) is 4.34. The molecular formula is C24H24N4O2S. The molecule has 0 saturated heterocycles. The maximum atomic E-state index is 13.0. The second-order valence-corrected chi connectivity index (χ2v) is 9.78. The summed E-state index contributed by atoms with van der Waals surface area (Å²) in [5.41, 5.74) is 7.07. The number of fused-ring (bicyclic) bond motifs is 2. The first-order valence-electron chi connectivity index (χ1n) is 10.2. The van der Waals surface area contributed by atoms with Crippen molar-refractivity contribution in [1.82, 2.24) is 9.55 Å². The summed E-state index contributed by atoms with van der Waals surface area (Å²) in [6.07, 6.45) is 4.71. The Morgan fingerprint density at radius 1 is 1.03 bits per heavy atom. The molecule has 0 amide bonds. The van der Waals surface area contributed by atoms with Gasteiger partial charge in [-0.15, -0.1) is 0 Å². The van der Waals surface area contributed by atoms with E-state index in [-0.39, 0.29) is 4.90 Å². The Hall–Kier alpha value is -3.32. The Bertz CT molecular complexity index is 1410. The van der Waals surface area contributed by atoms with Gasteiger partial charge in [0.1, 0.15) is 5.65 Å². The zero-order valence-corrected chi connectivity index (χ0v) is 18.6. The van der Waals surface area contributed by atoms with Crippen LogP contribution in [0.1, 0.15) is 11.1 Å². The molecule has 2 aromatic heterocycles. The fourth-order valence-corrected chi connectivity index (χ4v) is 5.50. The van der Waals surface area contributed by atoms with Gasteiger partial charge in [0, 0.05) is 44.3 Å². The Balaban J connectivity index is 1.70. The molecule has 7 heteroatoms. The molecule has 0 fully saturated rings. The smallest absolute Gasteiger partial charge is 0.261 e. The predicted molar refractivity (Wildman–Crippen MR) is 125 cm³/mol. The van der Waals surface area contributed by atoms with Crippen LogP contribution in [-0.4, -0.2) is 31.6 Å². The van der Waals surface area contributed by atoms with E-state index >= 15 is 0 Å². The highest BCUT2D eigenvalue weighted by molar-refractivity contribution is 7.92. The number of benzene rings is 2. The second-order valence-electron chi connectivity index (χ2n) is 8.10. The summed E-state index contributed by atoms with van der Waals surface area (Å²) >= 11 is 0. The third-order valence-electron chi connectivity index (χ3n) is 6.00. The molecule has 4 aromatic rings. The van der Waals surface area contributed by atoms with Crippen LogP contribution < -0.4 is 9.62 Å². The van der Waals surface area contributed by atoms with Gasteiger partial charge in [0.2, 0.25) is 0 Å². The van der Waals surface area contributed by atoms with Gasteiger partial charge in [-0.05, 0) is 54.3 Å². The number of aryl methyl sites for hydroxylation is 2. The SMILES string of the molecule is Cc1cc2c(cc1-c1cn(C)c3nccc(NS(=O)(=O)c4ccccc4)c13)N(C)CC2. The Kier molecular flexibility index (Phi) is 4.51. The zero-order valence-electron chi connectivity index (χ0n) is 17.8. The van der Waals surface area contributed by atoms with Gasteiger partial charge < -0.3 is 9.47 Å². The largest absolute Gasteiger partial charge is 0.374 e. The van der Waals surface area contributed by atoms with Gasteiger partial charge in [0.05, 0.1) is 16.0 Å². The highest BCUT2D eigenvalue weighted by Gasteiger charge is 2.23. The number of hydrogen-bond acceptors (Lipinski definition) is 4. The van der Waals surface area contributed by atoms with Crippen molar-refractivity contribution >= 4 is 32.4 Å². The molecule has 0 atom stereocenters. The average Bonchev–Trinajstić information content (AvgIpc) is 3.28. The van der Waals surface area contributed by atoms with Crippen molar-refractivity contribution in [3.63, 3.8) is 0 Å². The second kappa shape index (κ2) is 7.13. The van der Waals surface area contributed by atoms with E-state index in [1.165, 1.54) is 16.8 Å². The van der Waals surface area contributed by atoms with E-state index in [9.17, 15) is 8.42 Å². The van der Waals surface area contributed by atoms with E-state index in [1.807, 2.05) is 17.8 Å².